The maximum Gasteiger partial charge on any atom is 0.337 e. The van der Waals surface area contributed by atoms with Crippen LogP contribution < -0.4 is 20.9 Å². The van der Waals surface area contributed by atoms with Crippen molar-refractivity contribution >= 4 is 50.8 Å². The molecule has 3 aromatic rings. The molecule has 0 aliphatic rings. The lowest BCUT2D eigenvalue weighted by molar-refractivity contribution is 0.242. The number of sulfonamides is 1. The van der Waals surface area contributed by atoms with Crippen LogP contribution in [0.25, 0.3) is 0 Å². The van der Waals surface area contributed by atoms with Crippen LogP contribution in [0.3, 0.4) is 0 Å². The Morgan fingerprint density at radius 2 is 1.81 bits per heavy atom. The number of anilines is 2. The number of amides is 2. The zero-order valence-corrected chi connectivity index (χ0v) is 18.6. The van der Waals surface area contributed by atoms with Crippen molar-refractivity contribution in [1.82, 2.24) is 15.1 Å². The Balaban J connectivity index is 1.92. The average molecular weight is 480 g/mol. The fraction of sp³-hybridized carbons (Fsp3) is 0.100. The number of hydrogen-bond acceptors (Lipinski definition) is 5. The molecule has 11 heteroatoms. The number of hydrogen-bond donors (Lipinski definition) is 3. The molecule has 0 radical (unpaired) electrons. The van der Waals surface area contributed by atoms with Gasteiger partial charge in [-0.05, 0) is 36.8 Å². The number of nitrogen functional groups attached to an aromatic ring is 1. The first-order valence-corrected chi connectivity index (χ1v) is 11.3. The van der Waals surface area contributed by atoms with Gasteiger partial charge in [-0.3, -0.25) is 0 Å². The van der Waals surface area contributed by atoms with E-state index in [9.17, 15) is 13.2 Å². The van der Waals surface area contributed by atoms with Crippen LogP contribution in [0.5, 0.6) is 0 Å². The van der Waals surface area contributed by atoms with Crippen LogP contribution in [0.1, 0.15) is 18.5 Å². The number of carbonyl (C=O) groups is 1. The van der Waals surface area contributed by atoms with Gasteiger partial charge in [0.2, 0.25) is 0 Å². The van der Waals surface area contributed by atoms with Gasteiger partial charge in [0.1, 0.15) is 5.82 Å². The number of nitrogens with one attached hydrogen (secondary N) is 2. The summed E-state index contributed by atoms with van der Waals surface area (Å²) in [5.74, 6) is 0.111. The second-order valence-corrected chi connectivity index (χ2v) is 8.94. The minimum absolute atomic E-state index is 0.0132. The summed E-state index contributed by atoms with van der Waals surface area (Å²) >= 11 is 12.3. The van der Waals surface area contributed by atoms with E-state index in [0.717, 1.165) is 5.01 Å². The van der Waals surface area contributed by atoms with Crippen molar-refractivity contribution in [2.75, 3.05) is 10.7 Å². The molecule has 3 rings (SSSR count). The third-order valence-electron chi connectivity index (χ3n) is 4.28. The number of nitrogens with two attached hydrogens (primary N) is 1. The van der Waals surface area contributed by atoms with Crippen LogP contribution in [-0.2, 0) is 10.0 Å². The van der Waals surface area contributed by atoms with E-state index in [1.807, 2.05) is 0 Å². The van der Waals surface area contributed by atoms with Gasteiger partial charge in [-0.25, -0.2) is 23.2 Å². The summed E-state index contributed by atoms with van der Waals surface area (Å²) in [5, 5.41) is 4.18. The molecular weight excluding hydrogens is 461 g/mol. The number of carbonyl (C=O) groups excluding carboxylic acids is 1. The van der Waals surface area contributed by atoms with Crippen molar-refractivity contribution in [2.45, 2.75) is 17.9 Å². The van der Waals surface area contributed by atoms with Gasteiger partial charge in [0.05, 0.1) is 26.7 Å². The number of nitrogens with zero attached hydrogens (tertiary/aromatic N) is 2. The van der Waals surface area contributed by atoms with Crippen LogP contribution in [0.2, 0.25) is 10.0 Å². The van der Waals surface area contributed by atoms with Gasteiger partial charge in [0, 0.05) is 12.3 Å². The second-order valence-electron chi connectivity index (χ2n) is 6.50. The number of aromatic nitrogens is 1. The first-order valence-electron chi connectivity index (χ1n) is 9.02. The van der Waals surface area contributed by atoms with Gasteiger partial charge in [0.25, 0.3) is 10.0 Å². The van der Waals surface area contributed by atoms with Gasteiger partial charge < -0.3 is 11.1 Å². The molecule has 0 bridgehead atoms. The Morgan fingerprint density at radius 1 is 1.10 bits per heavy atom. The number of hydrazine groups is 1. The van der Waals surface area contributed by atoms with Crippen molar-refractivity contribution in [3.63, 3.8) is 0 Å². The first kappa shape index (κ1) is 22.8. The summed E-state index contributed by atoms with van der Waals surface area (Å²) in [7, 11) is -4.07. The highest BCUT2D eigenvalue weighted by atomic mass is 35.5. The van der Waals surface area contributed by atoms with Gasteiger partial charge in [-0.1, -0.05) is 53.5 Å². The lowest BCUT2D eigenvalue weighted by atomic mass is 10.1. The predicted octanol–water partition coefficient (Wildman–Crippen LogP) is 4.14. The van der Waals surface area contributed by atoms with Gasteiger partial charge in [0.15, 0.2) is 0 Å². The van der Waals surface area contributed by atoms with E-state index in [-0.39, 0.29) is 16.4 Å². The fourth-order valence-electron chi connectivity index (χ4n) is 2.74. The number of urea groups is 1. The third kappa shape index (κ3) is 5.45. The Kier molecular flexibility index (Phi) is 7.01. The van der Waals surface area contributed by atoms with Crippen LogP contribution in [0.4, 0.5) is 16.3 Å². The maximum absolute atomic E-state index is 13.1. The Bertz CT molecular complexity index is 1190. The zero-order chi connectivity index (χ0) is 22.6. The first-order chi connectivity index (χ1) is 14.7. The Morgan fingerprint density at radius 3 is 2.48 bits per heavy atom. The predicted molar refractivity (Wildman–Crippen MR) is 121 cm³/mol. The minimum atomic E-state index is -4.07. The smallest absolute Gasteiger partial charge is 0.337 e. The van der Waals surface area contributed by atoms with E-state index in [0.29, 0.717) is 15.6 Å². The van der Waals surface area contributed by atoms with Crippen molar-refractivity contribution in [2.24, 2.45) is 0 Å². The fourth-order valence-corrected chi connectivity index (χ4v) is 4.26. The molecule has 0 fully saturated rings. The Labute approximate surface area is 190 Å². The van der Waals surface area contributed by atoms with E-state index in [2.05, 4.69) is 15.1 Å². The van der Waals surface area contributed by atoms with Gasteiger partial charge >= 0.3 is 6.03 Å². The lowest BCUT2D eigenvalue weighted by Crippen LogP contribution is -2.51. The minimum Gasteiger partial charge on any atom is -0.384 e. The average Bonchev–Trinajstić information content (AvgIpc) is 2.74. The van der Waals surface area contributed by atoms with E-state index in [1.165, 1.54) is 30.5 Å². The molecule has 0 aliphatic heterocycles. The van der Waals surface area contributed by atoms with E-state index in [1.54, 1.807) is 43.3 Å². The van der Waals surface area contributed by atoms with Crippen molar-refractivity contribution < 1.29 is 13.2 Å². The molecule has 162 valence electrons. The molecule has 1 aromatic heterocycles. The molecule has 0 aliphatic carbocycles. The van der Waals surface area contributed by atoms with E-state index >= 15 is 0 Å². The van der Waals surface area contributed by atoms with Crippen LogP contribution in [0.15, 0.2) is 71.8 Å². The molecule has 0 spiro atoms. The largest absolute Gasteiger partial charge is 0.384 e. The van der Waals surface area contributed by atoms with Gasteiger partial charge in [-0.15, -0.1) is 4.83 Å². The third-order valence-corrected chi connectivity index (χ3v) is 6.43. The molecule has 1 atom stereocenters. The standard InChI is InChI=1S/C20H19Cl2N5O3S/c1-13(16-8-5-9-17(21)19(16)22)25-20(28)27(14-10-11-24-18(23)12-14)26-31(29,30)15-6-3-2-4-7-15/h2-13,26H,1H3,(H2,23,24)(H,25,28)/t13-/m0/s1. The van der Waals surface area contributed by atoms with Crippen LogP contribution in [-0.4, -0.2) is 19.4 Å². The summed E-state index contributed by atoms with van der Waals surface area (Å²) in [6.45, 7) is 1.69. The highest BCUT2D eigenvalue weighted by molar-refractivity contribution is 7.89. The quantitative estimate of drug-likeness (QED) is 0.459. The topological polar surface area (TPSA) is 117 Å². The summed E-state index contributed by atoms with van der Waals surface area (Å²) in [4.78, 5) is 19.2. The summed E-state index contributed by atoms with van der Waals surface area (Å²) < 4.78 is 25.7. The summed E-state index contributed by atoms with van der Waals surface area (Å²) in [6, 6.07) is 14.2. The zero-order valence-electron chi connectivity index (χ0n) is 16.3. The van der Waals surface area contributed by atoms with Crippen molar-refractivity contribution in [3.8, 4) is 0 Å². The normalized spacial score (nSPS) is 12.2. The second kappa shape index (κ2) is 9.52. The van der Waals surface area contributed by atoms with Crippen molar-refractivity contribution in [3.05, 3.63) is 82.5 Å². The van der Waals surface area contributed by atoms with Gasteiger partial charge in [-0.2, -0.15) is 0 Å². The summed E-state index contributed by atoms with van der Waals surface area (Å²) in [6.07, 6.45) is 1.36. The molecule has 31 heavy (non-hydrogen) atoms. The summed E-state index contributed by atoms with van der Waals surface area (Å²) in [5.41, 5.74) is 6.47. The molecule has 2 amide bonds. The maximum atomic E-state index is 13.1. The van der Waals surface area contributed by atoms with Crippen LogP contribution >= 0.6 is 23.2 Å². The molecule has 1 heterocycles. The van der Waals surface area contributed by atoms with E-state index in [4.69, 9.17) is 28.9 Å². The van der Waals surface area contributed by atoms with E-state index < -0.39 is 22.1 Å². The molecule has 0 unspecified atom stereocenters. The monoisotopic (exact) mass is 479 g/mol. The SMILES string of the molecule is C[C@H](NC(=O)N(NS(=O)(=O)c1ccccc1)c1ccnc(N)c1)c1cccc(Cl)c1Cl. The molecule has 2 aromatic carbocycles. The lowest BCUT2D eigenvalue weighted by Gasteiger charge is -2.26. The van der Waals surface area contributed by atoms with Crippen molar-refractivity contribution in [1.29, 1.82) is 0 Å². The highest BCUT2D eigenvalue weighted by Crippen LogP contribution is 2.30. The molecule has 0 saturated carbocycles. The highest BCUT2D eigenvalue weighted by Gasteiger charge is 2.26. The number of benzene rings is 2. The molecular formula is C20H19Cl2N5O3S. The number of rotatable bonds is 6. The molecule has 8 nitrogen and oxygen atoms in total. The molecule has 0 saturated heterocycles. The number of pyridine rings is 1. The number of halogens is 2. The van der Waals surface area contributed by atoms with Crippen LogP contribution in [0, 0.1) is 0 Å². The molecule has 4 N–H and O–H groups in total. The Hall–Kier alpha value is -2.85.